The van der Waals surface area contributed by atoms with Crippen molar-refractivity contribution in [2.24, 2.45) is 5.73 Å². The van der Waals surface area contributed by atoms with Crippen LogP contribution in [0.3, 0.4) is 0 Å². The van der Waals surface area contributed by atoms with Crippen LogP contribution in [0.1, 0.15) is 10.4 Å². The van der Waals surface area contributed by atoms with Crippen molar-refractivity contribution in [3.05, 3.63) is 58.6 Å². The van der Waals surface area contributed by atoms with Crippen LogP contribution < -0.4 is 5.73 Å². The van der Waals surface area contributed by atoms with Gasteiger partial charge in [-0.3, -0.25) is 4.79 Å². The molecular weight excluding hydrogens is 266 g/mol. The lowest BCUT2D eigenvalue weighted by atomic mass is 9.99. The molecule has 0 aliphatic heterocycles. The molecule has 0 radical (unpaired) electrons. The molecule has 0 bridgehead atoms. The van der Waals surface area contributed by atoms with Crippen LogP contribution in [0.15, 0.2) is 53.0 Å². The topological polar surface area (TPSA) is 43.1 Å². The molecule has 1 amide bonds. The predicted molar refractivity (Wildman–Crippen MR) is 68.1 cm³/mol. The van der Waals surface area contributed by atoms with E-state index in [0.717, 1.165) is 15.6 Å². The van der Waals surface area contributed by atoms with Gasteiger partial charge in [0, 0.05) is 10.0 Å². The number of carbonyl (C=O) groups excluding carboxylic acids is 1. The molecule has 2 N–H and O–H groups in total. The van der Waals surface area contributed by atoms with Crippen molar-refractivity contribution in [3.8, 4) is 11.1 Å². The van der Waals surface area contributed by atoms with Crippen molar-refractivity contribution in [1.82, 2.24) is 0 Å². The summed E-state index contributed by atoms with van der Waals surface area (Å²) in [4.78, 5) is 11.3. The summed E-state index contributed by atoms with van der Waals surface area (Å²) >= 11 is 3.40. The quantitative estimate of drug-likeness (QED) is 0.899. The highest BCUT2D eigenvalue weighted by Crippen LogP contribution is 2.25. The fourth-order valence-electron chi connectivity index (χ4n) is 1.61. The third kappa shape index (κ3) is 2.14. The van der Waals surface area contributed by atoms with Crippen molar-refractivity contribution in [2.45, 2.75) is 0 Å². The highest BCUT2D eigenvalue weighted by atomic mass is 79.9. The lowest BCUT2D eigenvalue weighted by molar-refractivity contribution is 0.100. The van der Waals surface area contributed by atoms with Gasteiger partial charge < -0.3 is 5.73 Å². The van der Waals surface area contributed by atoms with Gasteiger partial charge in [-0.05, 0) is 29.3 Å². The van der Waals surface area contributed by atoms with Gasteiger partial charge in [-0.25, -0.2) is 0 Å². The highest BCUT2D eigenvalue weighted by molar-refractivity contribution is 9.10. The van der Waals surface area contributed by atoms with Gasteiger partial charge in [0.15, 0.2) is 0 Å². The van der Waals surface area contributed by atoms with Crippen LogP contribution in [0, 0.1) is 0 Å². The number of primary amides is 1. The second-order valence-corrected chi connectivity index (χ2v) is 4.34. The third-order valence-corrected chi connectivity index (χ3v) is 2.82. The minimum absolute atomic E-state index is 0.407. The van der Waals surface area contributed by atoms with Crippen molar-refractivity contribution in [3.63, 3.8) is 0 Å². The Balaban J connectivity index is 2.60. The monoisotopic (exact) mass is 275 g/mol. The molecule has 0 fully saturated rings. The molecule has 2 nitrogen and oxygen atoms in total. The molecule has 0 saturated carbocycles. The Morgan fingerprint density at radius 3 is 2.50 bits per heavy atom. The van der Waals surface area contributed by atoms with E-state index in [1.165, 1.54) is 0 Å². The number of benzene rings is 2. The van der Waals surface area contributed by atoms with Gasteiger partial charge in [-0.2, -0.15) is 0 Å². The lowest BCUT2D eigenvalue weighted by Crippen LogP contribution is -2.12. The molecule has 0 heterocycles. The summed E-state index contributed by atoms with van der Waals surface area (Å²) in [6, 6.07) is 15.1. The molecule has 0 aromatic heterocycles. The van der Waals surface area contributed by atoms with E-state index in [1.807, 2.05) is 42.5 Å². The Labute approximate surface area is 102 Å². The third-order valence-electron chi connectivity index (χ3n) is 2.33. The van der Waals surface area contributed by atoms with Gasteiger partial charge in [0.05, 0.1) is 0 Å². The zero-order valence-corrected chi connectivity index (χ0v) is 10.1. The minimum Gasteiger partial charge on any atom is -0.366 e. The zero-order chi connectivity index (χ0) is 11.5. The molecule has 0 aliphatic rings. The van der Waals surface area contributed by atoms with E-state index >= 15 is 0 Å². The van der Waals surface area contributed by atoms with Crippen molar-refractivity contribution in [1.29, 1.82) is 0 Å². The second kappa shape index (κ2) is 4.49. The van der Waals surface area contributed by atoms with Crippen molar-refractivity contribution in [2.75, 3.05) is 0 Å². The van der Waals surface area contributed by atoms with E-state index in [9.17, 15) is 4.79 Å². The minimum atomic E-state index is -0.407. The number of hydrogen-bond donors (Lipinski definition) is 1. The molecule has 0 spiro atoms. The molecule has 16 heavy (non-hydrogen) atoms. The highest BCUT2D eigenvalue weighted by Gasteiger charge is 2.08. The van der Waals surface area contributed by atoms with Gasteiger partial charge >= 0.3 is 0 Å². The maximum absolute atomic E-state index is 11.3. The molecule has 80 valence electrons. The van der Waals surface area contributed by atoms with Crippen LogP contribution in [-0.4, -0.2) is 5.91 Å². The molecule has 0 atom stereocenters. The van der Waals surface area contributed by atoms with Crippen LogP contribution >= 0.6 is 15.9 Å². The summed E-state index contributed by atoms with van der Waals surface area (Å²) in [5.74, 6) is -0.407. The van der Waals surface area contributed by atoms with Gasteiger partial charge in [0.25, 0.3) is 0 Å². The van der Waals surface area contributed by atoms with E-state index < -0.39 is 5.91 Å². The Morgan fingerprint density at radius 2 is 1.81 bits per heavy atom. The van der Waals surface area contributed by atoms with E-state index in [2.05, 4.69) is 15.9 Å². The largest absolute Gasteiger partial charge is 0.366 e. The second-order valence-electron chi connectivity index (χ2n) is 3.42. The van der Waals surface area contributed by atoms with Crippen LogP contribution in [0.25, 0.3) is 11.1 Å². The van der Waals surface area contributed by atoms with Gasteiger partial charge in [0.1, 0.15) is 0 Å². The molecule has 2 rings (SSSR count). The maximum Gasteiger partial charge on any atom is 0.249 e. The Hall–Kier alpha value is -1.61. The standard InChI is InChI=1S/C13H10BrNO/c14-10-5-3-4-9(8-10)11-6-1-2-7-12(11)13(15)16/h1-8H,(H2,15,16). The van der Waals surface area contributed by atoms with Crippen molar-refractivity contribution < 1.29 is 4.79 Å². The Morgan fingerprint density at radius 1 is 1.06 bits per heavy atom. The van der Waals surface area contributed by atoms with Crippen LogP contribution in [0.2, 0.25) is 0 Å². The molecular formula is C13H10BrNO. The normalized spacial score (nSPS) is 10.1. The van der Waals surface area contributed by atoms with Crippen molar-refractivity contribution >= 4 is 21.8 Å². The Kier molecular flexibility index (Phi) is 3.06. The first-order valence-electron chi connectivity index (χ1n) is 4.83. The smallest absolute Gasteiger partial charge is 0.249 e. The summed E-state index contributed by atoms with van der Waals surface area (Å²) in [6.07, 6.45) is 0. The molecule has 2 aromatic carbocycles. The lowest BCUT2D eigenvalue weighted by Gasteiger charge is -2.06. The first-order chi connectivity index (χ1) is 7.68. The summed E-state index contributed by atoms with van der Waals surface area (Å²) in [5, 5.41) is 0. The van der Waals surface area contributed by atoms with Crippen LogP contribution in [0.4, 0.5) is 0 Å². The van der Waals surface area contributed by atoms with Gasteiger partial charge in [-0.15, -0.1) is 0 Å². The number of halogens is 1. The summed E-state index contributed by atoms with van der Waals surface area (Å²) in [6.45, 7) is 0. The van der Waals surface area contributed by atoms with E-state index in [0.29, 0.717) is 5.56 Å². The predicted octanol–water partition coefficient (Wildman–Crippen LogP) is 3.22. The van der Waals surface area contributed by atoms with Gasteiger partial charge in [-0.1, -0.05) is 46.3 Å². The Bertz CT molecular complexity index is 537. The average molecular weight is 276 g/mol. The first kappa shape index (κ1) is 10.9. The fourth-order valence-corrected chi connectivity index (χ4v) is 2.00. The van der Waals surface area contributed by atoms with Crippen LogP contribution in [-0.2, 0) is 0 Å². The van der Waals surface area contributed by atoms with Gasteiger partial charge in [0.2, 0.25) is 5.91 Å². The summed E-state index contributed by atoms with van der Waals surface area (Å²) < 4.78 is 0.976. The maximum atomic E-state index is 11.3. The SMILES string of the molecule is NC(=O)c1ccccc1-c1cccc(Br)c1. The summed E-state index contributed by atoms with van der Waals surface area (Å²) in [5.41, 5.74) is 7.71. The zero-order valence-electron chi connectivity index (χ0n) is 8.48. The number of rotatable bonds is 2. The summed E-state index contributed by atoms with van der Waals surface area (Å²) in [7, 11) is 0. The number of carbonyl (C=O) groups is 1. The number of amides is 1. The molecule has 0 aliphatic carbocycles. The van der Waals surface area contributed by atoms with E-state index in [-0.39, 0.29) is 0 Å². The number of nitrogens with two attached hydrogens (primary N) is 1. The molecule has 0 unspecified atom stereocenters. The van der Waals surface area contributed by atoms with E-state index in [4.69, 9.17) is 5.73 Å². The fraction of sp³-hybridized carbons (Fsp3) is 0. The molecule has 3 heteroatoms. The first-order valence-corrected chi connectivity index (χ1v) is 5.62. The van der Waals surface area contributed by atoms with Crippen LogP contribution in [0.5, 0.6) is 0 Å². The van der Waals surface area contributed by atoms with E-state index in [1.54, 1.807) is 6.07 Å². The molecule has 0 saturated heterocycles. The molecule has 2 aromatic rings. The number of hydrogen-bond acceptors (Lipinski definition) is 1. The average Bonchev–Trinajstić information content (AvgIpc) is 2.29.